The molecular formula is C26H19ClN2O6. The molecule has 9 heteroatoms. The highest BCUT2D eigenvalue weighted by atomic mass is 35.5. The molecule has 0 aliphatic rings. The Hall–Kier alpha value is -4.61. The molecule has 0 aliphatic carbocycles. The highest BCUT2D eigenvalue weighted by Crippen LogP contribution is 2.30. The van der Waals surface area contributed by atoms with Gasteiger partial charge >= 0.3 is 11.9 Å². The van der Waals surface area contributed by atoms with Gasteiger partial charge in [-0.25, -0.2) is 9.59 Å². The summed E-state index contributed by atoms with van der Waals surface area (Å²) in [5.74, 6) is -2.22. The zero-order valence-electron chi connectivity index (χ0n) is 18.4. The third-order valence-corrected chi connectivity index (χ3v) is 4.88. The minimum absolute atomic E-state index is 0.0608. The largest absolute Gasteiger partial charge is 0.490 e. The van der Waals surface area contributed by atoms with Gasteiger partial charge in [-0.3, -0.25) is 4.79 Å². The third kappa shape index (κ3) is 6.47. The number of hydrogen-bond donors (Lipinski definition) is 2. The number of carbonyl (C=O) groups excluding carboxylic acids is 2. The summed E-state index contributed by atoms with van der Waals surface area (Å²) in [7, 11) is 0. The van der Waals surface area contributed by atoms with Crippen LogP contribution in [0.1, 0.15) is 33.2 Å². The zero-order chi connectivity index (χ0) is 25.4. The van der Waals surface area contributed by atoms with Crippen LogP contribution in [-0.2, 0) is 4.79 Å². The summed E-state index contributed by atoms with van der Waals surface area (Å²) in [6.07, 6.45) is 1.31. The topological polar surface area (TPSA) is 126 Å². The number of benzene rings is 3. The molecule has 0 spiro atoms. The number of esters is 1. The number of carboxylic acid groups (broad SMARTS) is 1. The molecular weight excluding hydrogens is 472 g/mol. The van der Waals surface area contributed by atoms with Crippen molar-refractivity contribution in [1.29, 1.82) is 5.26 Å². The van der Waals surface area contributed by atoms with Crippen LogP contribution in [-0.4, -0.2) is 29.6 Å². The van der Waals surface area contributed by atoms with E-state index in [1.807, 2.05) is 6.07 Å². The van der Waals surface area contributed by atoms with Crippen LogP contribution in [0.3, 0.4) is 0 Å². The summed E-state index contributed by atoms with van der Waals surface area (Å²) >= 11 is 5.85. The van der Waals surface area contributed by atoms with Gasteiger partial charge in [-0.05, 0) is 67.1 Å². The fourth-order valence-corrected chi connectivity index (χ4v) is 3.12. The lowest BCUT2D eigenvalue weighted by Gasteiger charge is -2.12. The first-order valence-corrected chi connectivity index (χ1v) is 10.7. The number of carboxylic acids is 1. The number of anilines is 1. The second kappa shape index (κ2) is 11.5. The molecule has 0 saturated carbocycles. The van der Waals surface area contributed by atoms with Gasteiger partial charge in [0, 0.05) is 5.02 Å². The maximum Gasteiger partial charge on any atom is 0.343 e. The van der Waals surface area contributed by atoms with E-state index in [1.165, 1.54) is 48.5 Å². The van der Waals surface area contributed by atoms with Gasteiger partial charge < -0.3 is 19.9 Å². The smallest absolute Gasteiger partial charge is 0.343 e. The SMILES string of the molecule is CCOc1cc(/C=C(\C#N)C(=O)Nc2ccccc2C(=O)O)ccc1OC(=O)c1ccc(Cl)cc1. The maximum atomic E-state index is 12.6. The number of halogens is 1. The van der Waals surface area contributed by atoms with Crippen molar-refractivity contribution >= 4 is 41.2 Å². The van der Waals surface area contributed by atoms with Crippen LogP contribution in [0.4, 0.5) is 5.69 Å². The van der Waals surface area contributed by atoms with Crippen molar-refractivity contribution in [1.82, 2.24) is 0 Å². The van der Waals surface area contributed by atoms with Gasteiger partial charge in [0.05, 0.1) is 23.4 Å². The van der Waals surface area contributed by atoms with Gasteiger partial charge in [0.25, 0.3) is 5.91 Å². The van der Waals surface area contributed by atoms with Crippen LogP contribution < -0.4 is 14.8 Å². The fourth-order valence-electron chi connectivity index (χ4n) is 3.00. The van der Waals surface area contributed by atoms with E-state index < -0.39 is 17.8 Å². The summed E-state index contributed by atoms with van der Waals surface area (Å²) in [5, 5.41) is 21.7. The van der Waals surface area contributed by atoms with Crippen LogP contribution >= 0.6 is 11.6 Å². The number of nitrogens with one attached hydrogen (secondary N) is 1. The second-order valence-electron chi connectivity index (χ2n) is 7.01. The van der Waals surface area contributed by atoms with Gasteiger partial charge in [0.2, 0.25) is 0 Å². The van der Waals surface area contributed by atoms with Crippen LogP contribution in [0.5, 0.6) is 11.5 Å². The Morgan fingerprint density at radius 2 is 1.77 bits per heavy atom. The lowest BCUT2D eigenvalue weighted by atomic mass is 10.1. The highest BCUT2D eigenvalue weighted by molar-refractivity contribution is 6.30. The summed E-state index contributed by atoms with van der Waals surface area (Å²) in [6, 6.07) is 18.4. The quantitative estimate of drug-likeness (QED) is 0.192. The number of aromatic carboxylic acids is 1. The number of hydrogen-bond acceptors (Lipinski definition) is 6. The number of nitriles is 1. The molecule has 3 aromatic rings. The van der Waals surface area contributed by atoms with Gasteiger partial charge in [0.15, 0.2) is 11.5 Å². The molecule has 0 heterocycles. The van der Waals surface area contributed by atoms with Gasteiger partial charge in [0.1, 0.15) is 11.6 Å². The normalized spacial score (nSPS) is 10.7. The monoisotopic (exact) mass is 490 g/mol. The Bertz CT molecular complexity index is 1340. The first-order chi connectivity index (χ1) is 16.8. The minimum Gasteiger partial charge on any atom is -0.490 e. The lowest BCUT2D eigenvalue weighted by Crippen LogP contribution is -2.16. The molecule has 2 N–H and O–H groups in total. The van der Waals surface area contributed by atoms with Crippen molar-refractivity contribution in [2.45, 2.75) is 6.92 Å². The molecule has 0 saturated heterocycles. The predicted octanol–water partition coefficient (Wildman–Crippen LogP) is 5.20. The Labute approximate surface area is 206 Å². The number of ether oxygens (including phenoxy) is 2. The number of amides is 1. The van der Waals surface area contributed by atoms with Crippen LogP contribution in [0.15, 0.2) is 72.3 Å². The van der Waals surface area contributed by atoms with E-state index in [4.69, 9.17) is 21.1 Å². The van der Waals surface area contributed by atoms with E-state index in [0.717, 1.165) is 0 Å². The second-order valence-corrected chi connectivity index (χ2v) is 7.45. The van der Waals surface area contributed by atoms with Crippen LogP contribution in [0.2, 0.25) is 5.02 Å². The molecule has 0 bridgehead atoms. The van der Waals surface area contributed by atoms with Crippen molar-refractivity contribution in [3.8, 4) is 17.6 Å². The summed E-state index contributed by atoms with van der Waals surface area (Å²) in [4.78, 5) is 36.4. The fraction of sp³-hybridized carbons (Fsp3) is 0.0769. The molecule has 8 nitrogen and oxygen atoms in total. The molecule has 0 atom stereocenters. The van der Waals surface area contributed by atoms with E-state index in [1.54, 1.807) is 31.2 Å². The molecule has 3 rings (SSSR count). The van der Waals surface area contributed by atoms with E-state index >= 15 is 0 Å². The molecule has 0 aromatic heterocycles. The Balaban J connectivity index is 1.84. The molecule has 0 unspecified atom stereocenters. The molecule has 35 heavy (non-hydrogen) atoms. The van der Waals surface area contributed by atoms with Crippen molar-refractivity contribution < 1.29 is 29.0 Å². The number of nitrogens with zero attached hydrogens (tertiary/aromatic N) is 1. The van der Waals surface area contributed by atoms with Crippen molar-refractivity contribution in [2.75, 3.05) is 11.9 Å². The Morgan fingerprint density at radius 3 is 2.43 bits per heavy atom. The molecule has 3 aromatic carbocycles. The molecule has 0 radical (unpaired) electrons. The Morgan fingerprint density at radius 1 is 1.06 bits per heavy atom. The summed E-state index contributed by atoms with van der Waals surface area (Å²) < 4.78 is 11.0. The van der Waals surface area contributed by atoms with E-state index in [-0.39, 0.29) is 34.9 Å². The molecule has 0 fully saturated rings. The number of rotatable bonds is 8. The van der Waals surface area contributed by atoms with Crippen molar-refractivity contribution in [3.05, 3.63) is 94.0 Å². The molecule has 0 aliphatic heterocycles. The zero-order valence-corrected chi connectivity index (χ0v) is 19.2. The minimum atomic E-state index is -1.21. The van der Waals surface area contributed by atoms with E-state index in [0.29, 0.717) is 16.1 Å². The molecule has 1 amide bonds. The first kappa shape index (κ1) is 25.0. The standard InChI is InChI=1S/C26H19ClN2O6/c1-2-34-23-14-16(7-12-22(23)35-26(33)17-8-10-19(27)11-9-17)13-18(15-28)24(30)29-21-6-4-3-5-20(21)25(31)32/h3-14H,2H2,1H3,(H,29,30)(H,31,32)/b18-13+. The number of carbonyl (C=O) groups is 3. The van der Waals surface area contributed by atoms with E-state index in [9.17, 15) is 24.8 Å². The average molecular weight is 491 g/mol. The van der Waals surface area contributed by atoms with Gasteiger partial charge in [-0.2, -0.15) is 5.26 Å². The predicted molar refractivity (Wildman–Crippen MR) is 130 cm³/mol. The number of para-hydroxylation sites is 1. The maximum absolute atomic E-state index is 12.6. The van der Waals surface area contributed by atoms with Gasteiger partial charge in [-0.15, -0.1) is 0 Å². The van der Waals surface area contributed by atoms with E-state index in [2.05, 4.69) is 5.32 Å². The highest BCUT2D eigenvalue weighted by Gasteiger charge is 2.17. The summed E-state index contributed by atoms with van der Waals surface area (Å²) in [6.45, 7) is 2.03. The van der Waals surface area contributed by atoms with Gasteiger partial charge in [-0.1, -0.05) is 29.8 Å². The molecule has 176 valence electrons. The summed E-state index contributed by atoms with van der Waals surface area (Å²) in [5.41, 5.74) is 0.414. The third-order valence-electron chi connectivity index (χ3n) is 4.63. The van der Waals surface area contributed by atoms with Crippen molar-refractivity contribution in [3.63, 3.8) is 0 Å². The van der Waals surface area contributed by atoms with Crippen molar-refractivity contribution in [2.24, 2.45) is 0 Å². The van der Waals surface area contributed by atoms with Crippen LogP contribution in [0.25, 0.3) is 6.08 Å². The lowest BCUT2D eigenvalue weighted by molar-refractivity contribution is -0.112. The average Bonchev–Trinajstić information content (AvgIpc) is 2.84. The van der Waals surface area contributed by atoms with Crippen LogP contribution in [0, 0.1) is 11.3 Å². The first-order valence-electron chi connectivity index (χ1n) is 10.3. The Kier molecular flexibility index (Phi) is 8.22.